The summed E-state index contributed by atoms with van der Waals surface area (Å²) in [7, 11) is 0. The van der Waals surface area contributed by atoms with E-state index in [9.17, 15) is 26.3 Å². The molecule has 0 atom stereocenters. The van der Waals surface area contributed by atoms with Gasteiger partial charge in [-0.25, -0.2) is 39.9 Å². The third-order valence-corrected chi connectivity index (χ3v) is 8.14. The fraction of sp³-hybridized carbons (Fsp3) is 0.133. The molecule has 44 heavy (non-hydrogen) atoms. The molecular formula is C30H12F6N8. The number of nitrogens with zero attached hydrogens (tertiary/aromatic N) is 8. The molecule has 4 aromatic heterocycles. The van der Waals surface area contributed by atoms with Crippen LogP contribution in [0.5, 0.6) is 0 Å². The Hall–Kier alpha value is -5.40. The van der Waals surface area contributed by atoms with Gasteiger partial charge in [0.15, 0.2) is 34.0 Å². The highest BCUT2D eigenvalue weighted by Crippen LogP contribution is 2.49. The van der Waals surface area contributed by atoms with Crippen molar-refractivity contribution in [1.29, 1.82) is 0 Å². The molecule has 0 unspecified atom stereocenters. The molecule has 0 N–H and O–H groups in total. The molecular weight excluding hydrogens is 586 g/mol. The lowest BCUT2D eigenvalue weighted by Crippen LogP contribution is -2.21. The monoisotopic (exact) mass is 598 g/mol. The van der Waals surface area contributed by atoms with Crippen molar-refractivity contribution >= 4 is 87.7 Å². The van der Waals surface area contributed by atoms with Gasteiger partial charge in [0.25, 0.3) is 0 Å². The molecule has 0 bridgehead atoms. The van der Waals surface area contributed by atoms with E-state index in [4.69, 9.17) is 9.97 Å². The highest BCUT2D eigenvalue weighted by atomic mass is 19.4. The molecule has 0 amide bonds. The lowest BCUT2D eigenvalue weighted by Gasteiger charge is -2.13. The van der Waals surface area contributed by atoms with E-state index in [0.29, 0.717) is 43.9 Å². The van der Waals surface area contributed by atoms with E-state index in [-0.39, 0.29) is 11.0 Å². The van der Waals surface area contributed by atoms with Crippen molar-refractivity contribution in [3.63, 3.8) is 0 Å². The Bertz CT molecular complexity index is 2720. The Morgan fingerprint density at radius 3 is 1.14 bits per heavy atom. The van der Waals surface area contributed by atoms with Gasteiger partial charge < -0.3 is 0 Å². The van der Waals surface area contributed by atoms with Crippen LogP contribution in [0, 0.1) is 13.8 Å². The predicted molar refractivity (Wildman–Crippen MR) is 151 cm³/mol. The van der Waals surface area contributed by atoms with Crippen molar-refractivity contribution in [3.05, 3.63) is 59.2 Å². The van der Waals surface area contributed by atoms with E-state index in [1.807, 2.05) is 38.1 Å². The van der Waals surface area contributed by atoms with Crippen LogP contribution in [0.2, 0.25) is 0 Å². The molecule has 14 heteroatoms. The molecule has 0 aliphatic heterocycles. The van der Waals surface area contributed by atoms with E-state index in [0.717, 1.165) is 32.9 Å². The minimum Gasteiger partial charge on any atom is -0.229 e. The SMILES string of the molecule is Cc1nc2nc3c4cccc5c4c(c4cccc6c7nc8nc(C(F)(F)F)c(C(F)(F)F)nc8nc7c5c64)c3nc2nc1C. The molecule has 0 aliphatic carbocycles. The van der Waals surface area contributed by atoms with Crippen LogP contribution in [0.15, 0.2) is 36.4 Å². The maximum Gasteiger partial charge on any atom is 0.435 e. The van der Waals surface area contributed by atoms with Crippen LogP contribution in [0.25, 0.3) is 87.7 Å². The Kier molecular flexibility index (Phi) is 4.43. The maximum absolute atomic E-state index is 13.7. The summed E-state index contributed by atoms with van der Waals surface area (Å²) in [6, 6.07) is 11.0. The zero-order valence-electron chi connectivity index (χ0n) is 22.3. The summed E-state index contributed by atoms with van der Waals surface area (Å²) in [5.74, 6) is 0. The first-order chi connectivity index (χ1) is 20.9. The average Bonchev–Trinajstić information content (AvgIpc) is 3.46. The second-order valence-corrected chi connectivity index (χ2v) is 10.7. The molecule has 214 valence electrons. The van der Waals surface area contributed by atoms with Crippen LogP contribution in [-0.4, -0.2) is 39.9 Å². The lowest BCUT2D eigenvalue weighted by atomic mass is 9.96. The molecule has 0 fully saturated rings. The normalized spacial score (nSPS) is 13.5. The zero-order chi connectivity index (χ0) is 30.4. The topological polar surface area (TPSA) is 103 Å². The largest absolute Gasteiger partial charge is 0.435 e. The summed E-state index contributed by atoms with van der Waals surface area (Å²) >= 11 is 0. The standard InChI is InChI=1S/C30H12F6N8/c1-9-10(2)38-26-25(37-9)39-19-13-7-3-6-12-15(13)17(21(19)41-26)11-5-4-8-14-16(11)18(12)22-20(14)40-27-28(42-22)44-24(30(34,35)36)23(43-27)29(31,32)33/h3-8H,1-2H3. The molecule has 9 rings (SSSR count). The van der Waals surface area contributed by atoms with Gasteiger partial charge in [0.2, 0.25) is 0 Å². The third kappa shape index (κ3) is 3.09. The molecule has 0 radical (unpaired) electrons. The fourth-order valence-corrected chi connectivity index (χ4v) is 6.27. The first-order valence-corrected chi connectivity index (χ1v) is 13.2. The zero-order valence-corrected chi connectivity index (χ0v) is 22.3. The lowest BCUT2D eigenvalue weighted by molar-refractivity contribution is -0.167. The first kappa shape index (κ1) is 25.1. The van der Waals surface area contributed by atoms with Gasteiger partial charge in [-0.15, -0.1) is 0 Å². The number of hydrogen-bond donors (Lipinski definition) is 0. The van der Waals surface area contributed by atoms with E-state index in [1.54, 1.807) is 12.1 Å². The van der Waals surface area contributed by atoms with Gasteiger partial charge in [-0.3, -0.25) is 0 Å². The Morgan fingerprint density at radius 1 is 0.409 bits per heavy atom. The van der Waals surface area contributed by atoms with Gasteiger partial charge in [0.1, 0.15) is 11.0 Å². The van der Waals surface area contributed by atoms with Crippen molar-refractivity contribution in [2.24, 2.45) is 0 Å². The highest BCUT2D eigenvalue weighted by Gasteiger charge is 2.47. The quantitative estimate of drug-likeness (QED) is 0.130. The number of aromatic nitrogens is 8. The van der Waals surface area contributed by atoms with Gasteiger partial charge in [-0.2, -0.15) is 26.3 Å². The van der Waals surface area contributed by atoms with Crippen molar-refractivity contribution in [2.75, 3.05) is 0 Å². The van der Waals surface area contributed by atoms with Crippen LogP contribution in [0.4, 0.5) is 26.3 Å². The summed E-state index contributed by atoms with van der Waals surface area (Å²) in [5.41, 5.74) is -1.77. The van der Waals surface area contributed by atoms with Gasteiger partial charge in [-0.1, -0.05) is 36.4 Å². The van der Waals surface area contributed by atoms with Gasteiger partial charge >= 0.3 is 12.4 Å². The molecule has 0 aliphatic rings. The van der Waals surface area contributed by atoms with Crippen LogP contribution < -0.4 is 0 Å². The minimum atomic E-state index is -5.42. The van der Waals surface area contributed by atoms with Gasteiger partial charge in [0, 0.05) is 32.3 Å². The highest BCUT2D eigenvalue weighted by molar-refractivity contribution is 6.46. The smallest absolute Gasteiger partial charge is 0.229 e. The average molecular weight is 598 g/mol. The Labute approximate surface area is 239 Å². The minimum absolute atomic E-state index is 0.200. The predicted octanol–water partition coefficient (Wildman–Crippen LogP) is 7.60. The molecule has 5 aromatic carbocycles. The van der Waals surface area contributed by atoms with E-state index in [2.05, 4.69) is 29.9 Å². The Morgan fingerprint density at radius 2 is 0.750 bits per heavy atom. The van der Waals surface area contributed by atoms with E-state index < -0.39 is 35.0 Å². The van der Waals surface area contributed by atoms with Crippen molar-refractivity contribution in [1.82, 2.24) is 39.9 Å². The van der Waals surface area contributed by atoms with Gasteiger partial charge in [-0.05, 0) is 24.6 Å². The fourth-order valence-electron chi connectivity index (χ4n) is 6.27. The second kappa shape index (κ2) is 7.75. The summed E-state index contributed by atoms with van der Waals surface area (Å²) in [4.78, 5) is 34.2. The number of halogens is 6. The van der Waals surface area contributed by atoms with Crippen LogP contribution in [-0.2, 0) is 12.4 Å². The first-order valence-electron chi connectivity index (χ1n) is 13.2. The van der Waals surface area contributed by atoms with Crippen molar-refractivity contribution in [3.8, 4) is 0 Å². The summed E-state index contributed by atoms with van der Waals surface area (Å²) < 4.78 is 82.0. The maximum atomic E-state index is 13.7. The molecule has 0 saturated carbocycles. The number of alkyl halides is 6. The molecule has 0 saturated heterocycles. The molecule has 4 heterocycles. The number of hydrogen-bond acceptors (Lipinski definition) is 8. The second-order valence-electron chi connectivity index (χ2n) is 10.7. The van der Waals surface area contributed by atoms with Crippen LogP contribution in [0.1, 0.15) is 22.8 Å². The summed E-state index contributed by atoms with van der Waals surface area (Å²) in [5, 5.41) is 5.64. The van der Waals surface area contributed by atoms with Crippen LogP contribution in [0.3, 0.4) is 0 Å². The Balaban J connectivity index is 1.50. The molecule has 8 nitrogen and oxygen atoms in total. The van der Waals surface area contributed by atoms with Crippen molar-refractivity contribution in [2.45, 2.75) is 26.2 Å². The van der Waals surface area contributed by atoms with E-state index in [1.165, 1.54) is 0 Å². The number of fused-ring (bicyclic) bond motifs is 10. The third-order valence-electron chi connectivity index (χ3n) is 8.14. The summed E-state index contributed by atoms with van der Waals surface area (Å²) in [6.45, 7) is 3.68. The number of aryl methyl sites for hydroxylation is 2. The van der Waals surface area contributed by atoms with Crippen LogP contribution >= 0.6 is 0 Å². The molecule has 9 aromatic rings. The van der Waals surface area contributed by atoms with Gasteiger partial charge in [0.05, 0.1) is 22.4 Å². The number of rotatable bonds is 0. The molecule has 0 spiro atoms. The number of benzene rings is 3. The van der Waals surface area contributed by atoms with E-state index >= 15 is 0 Å². The van der Waals surface area contributed by atoms with Crippen molar-refractivity contribution < 1.29 is 26.3 Å². The summed E-state index contributed by atoms with van der Waals surface area (Å²) in [6.07, 6.45) is -10.8.